The van der Waals surface area contributed by atoms with Gasteiger partial charge in [-0.1, -0.05) is 18.2 Å². The molecule has 0 spiro atoms. The molecule has 2 heterocycles. The van der Waals surface area contributed by atoms with Gasteiger partial charge < -0.3 is 10.3 Å². The van der Waals surface area contributed by atoms with Gasteiger partial charge in [-0.3, -0.25) is 5.10 Å². The summed E-state index contributed by atoms with van der Waals surface area (Å²) in [6.45, 7) is 3.01. The maximum Gasteiger partial charge on any atom is 0.109 e. The Balaban J connectivity index is 2.11. The Morgan fingerprint density at radius 2 is 2.10 bits per heavy atom. The Bertz CT molecular complexity index is 741. The number of aryl methyl sites for hydroxylation is 1. The predicted octanol–water partition coefficient (Wildman–Crippen LogP) is 3.39. The number of likely N-dealkylation sites (N-methyl/N-ethyl adjacent to an activating group) is 1. The number of rotatable bonds is 4. The summed E-state index contributed by atoms with van der Waals surface area (Å²) < 4.78 is 1.06. The fraction of sp³-hybridized carbons (Fsp3) is 0.267. The number of halogens is 1. The Morgan fingerprint density at radius 3 is 2.90 bits per heavy atom. The van der Waals surface area contributed by atoms with Crippen molar-refractivity contribution in [3.63, 3.8) is 0 Å². The lowest BCUT2D eigenvalue weighted by molar-refractivity contribution is 0.770. The fourth-order valence-electron chi connectivity index (χ4n) is 2.53. The zero-order valence-corrected chi connectivity index (χ0v) is 13.1. The Kier molecular flexibility index (Phi) is 3.63. The second kappa shape index (κ2) is 5.42. The van der Waals surface area contributed by atoms with Crippen LogP contribution < -0.4 is 5.32 Å². The van der Waals surface area contributed by atoms with Crippen LogP contribution in [-0.4, -0.2) is 28.8 Å². The van der Waals surface area contributed by atoms with E-state index in [0.29, 0.717) is 0 Å². The van der Waals surface area contributed by atoms with E-state index in [1.807, 2.05) is 13.1 Å². The number of para-hydroxylation sites is 1. The van der Waals surface area contributed by atoms with E-state index < -0.39 is 0 Å². The van der Waals surface area contributed by atoms with Gasteiger partial charge in [-0.05, 0) is 36.0 Å². The number of aromatic amines is 2. The maximum absolute atomic E-state index is 4.50. The van der Waals surface area contributed by atoms with Gasteiger partial charge in [0.15, 0.2) is 0 Å². The molecule has 0 saturated heterocycles. The molecule has 0 unspecified atom stereocenters. The number of hydrogen-bond acceptors (Lipinski definition) is 2. The fourth-order valence-corrected chi connectivity index (χ4v) is 3.10. The third kappa shape index (κ3) is 2.17. The molecule has 0 bridgehead atoms. The summed E-state index contributed by atoms with van der Waals surface area (Å²) in [5, 5.41) is 12.0. The SMILES string of the molecule is CNCCc1[nH]nc(-c2c(C)[nH]c3ccccc23)c1Br. The van der Waals surface area contributed by atoms with E-state index in [1.165, 1.54) is 10.9 Å². The van der Waals surface area contributed by atoms with Crippen LogP contribution in [0.3, 0.4) is 0 Å². The van der Waals surface area contributed by atoms with E-state index in [9.17, 15) is 0 Å². The van der Waals surface area contributed by atoms with Crippen molar-refractivity contribution in [2.75, 3.05) is 13.6 Å². The minimum atomic E-state index is 0.922. The van der Waals surface area contributed by atoms with Gasteiger partial charge in [-0.15, -0.1) is 0 Å². The second-order valence-electron chi connectivity index (χ2n) is 4.89. The molecule has 0 aliphatic carbocycles. The van der Waals surface area contributed by atoms with Gasteiger partial charge in [0.25, 0.3) is 0 Å². The Morgan fingerprint density at radius 1 is 1.30 bits per heavy atom. The van der Waals surface area contributed by atoms with Gasteiger partial charge in [0, 0.05) is 35.1 Å². The van der Waals surface area contributed by atoms with Crippen molar-refractivity contribution < 1.29 is 0 Å². The van der Waals surface area contributed by atoms with Gasteiger partial charge in [0.1, 0.15) is 5.69 Å². The molecule has 0 aliphatic heterocycles. The van der Waals surface area contributed by atoms with Crippen molar-refractivity contribution in [1.29, 1.82) is 0 Å². The molecular weight excluding hydrogens is 316 g/mol. The zero-order chi connectivity index (χ0) is 14.1. The first-order valence-corrected chi connectivity index (χ1v) is 7.46. The van der Waals surface area contributed by atoms with Gasteiger partial charge in [-0.2, -0.15) is 5.10 Å². The van der Waals surface area contributed by atoms with Crippen LogP contribution in [0.25, 0.3) is 22.2 Å². The quantitative estimate of drug-likeness (QED) is 0.685. The van der Waals surface area contributed by atoms with Crippen LogP contribution in [0, 0.1) is 6.92 Å². The Labute approximate surface area is 126 Å². The standard InChI is InChI=1S/C15H17BrN4/c1-9-13(10-5-3-4-6-11(10)18-9)15-14(16)12(19-20-15)7-8-17-2/h3-6,17-18H,7-8H2,1-2H3,(H,19,20). The van der Waals surface area contributed by atoms with Crippen LogP contribution >= 0.6 is 15.9 Å². The van der Waals surface area contributed by atoms with Crippen molar-refractivity contribution >= 4 is 26.8 Å². The molecular formula is C15H17BrN4. The molecule has 0 radical (unpaired) electrons. The maximum atomic E-state index is 4.50. The summed E-state index contributed by atoms with van der Waals surface area (Å²) in [6.07, 6.45) is 0.922. The first-order chi connectivity index (χ1) is 9.72. The van der Waals surface area contributed by atoms with E-state index in [1.54, 1.807) is 0 Å². The van der Waals surface area contributed by atoms with Crippen LogP contribution in [0.1, 0.15) is 11.4 Å². The van der Waals surface area contributed by atoms with Crippen molar-refractivity contribution in [2.24, 2.45) is 0 Å². The molecule has 0 aliphatic rings. The van der Waals surface area contributed by atoms with Gasteiger partial charge in [-0.25, -0.2) is 0 Å². The summed E-state index contributed by atoms with van der Waals surface area (Å²) in [6, 6.07) is 8.32. The average Bonchev–Trinajstić information content (AvgIpc) is 2.96. The minimum Gasteiger partial charge on any atom is -0.358 e. The third-order valence-corrected chi connectivity index (χ3v) is 4.39. The highest BCUT2D eigenvalue weighted by atomic mass is 79.9. The van der Waals surface area contributed by atoms with E-state index >= 15 is 0 Å². The topological polar surface area (TPSA) is 56.5 Å². The minimum absolute atomic E-state index is 0.922. The second-order valence-corrected chi connectivity index (χ2v) is 5.68. The number of benzene rings is 1. The molecule has 2 aromatic heterocycles. The highest BCUT2D eigenvalue weighted by molar-refractivity contribution is 9.10. The predicted molar refractivity (Wildman–Crippen MR) is 85.9 cm³/mol. The summed E-state index contributed by atoms with van der Waals surface area (Å²) in [7, 11) is 1.95. The Hall–Kier alpha value is -1.59. The molecule has 4 nitrogen and oxygen atoms in total. The molecule has 0 saturated carbocycles. The highest BCUT2D eigenvalue weighted by Gasteiger charge is 2.18. The first kappa shape index (κ1) is 13.4. The summed E-state index contributed by atoms with van der Waals surface area (Å²) in [4.78, 5) is 3.42. The monoisotopic (exact) mass is 332 g/mol. The molecule has 0 amide bonds. The largest absolute Gasteiger partial charge is 0.358 e. The number of hydrogen-bond donors (Lipinski definition) is 3. The molecule has 3 rings (SSSR count). The number of fused-ring (bicyclic) bond motifs is 1. The molecule has 5 heteroatoms. The van der Waals surface area contributed by atoms with E-state index in [4.69, 9.17) is 0 Å². The zero-order valence-electron chi connectivity index (χ0n) is 11.5. The number of H-pyrrole nitrogens is 2. The van der Waals surface area contributed by atoms with Crippen LogP contribution in [0.5, 0.6) is 0 Å². The van der Waals surface area contributed by atoms with E-state index in [-0.39, 0.29) is 0 Å². The lowest BCUT2D eigenvalue weighted by Crippen LogP contribution is -2.10. The highest BCUT2D eigenvalue weighted by Crippen LogP contribution is 2.36. The summed E-state index contributed by atoms with van der Waals surface area (Å²) >= 11 is 3.69. The lowest BCUT2D eigenvalue weighted by Gasteiger charge is -2.00. The molecule has 0 atom stereocenters. The van der Waals surface area contributed by atoms with Gasteiger partial charge in [0.2, 0.25) is 0 Å². The molecule has 3 aromatic rings. The average molecular weight is 333 g/mol. The van der Waals surface area contributed by atoms with E-state index in [2.05, 4.69) is 61.6 Å². The number of nitrogens with zero attached hydrogens (tertiary/aromatic N) is 1. The lowest BCUT2D eigenvalue weighted by atomic mass is 10.1. The van der Waals surface area contributed by atoms with Crippen LogP contribution in [0.2, 0.25) is 0 Å². The number of aromatic nitrogens is 3. The summed E-state index contributed by atoms with van der Waals surface area (Å²) in [5.41, 5.74) is 5.55. The molecule has 1 aromatic carbocycles. The molecule has 3 N–H and O–H groups in total. The van der Waals surface area contributed by atoms with Crippen LogP contribution in [0.15, 0.2) is 28.7 Å². The first-order valence-electron chi connectivity index (χ1n) is 6.67. The smallest absolute Gasteiger partial charge is 0.109 e. The van der Waals surface area contributed by atoms with Crippen LogP contribution in [-0.2, 0) is 6.42 Å². The number of nitrogens with one attached hydrogen (secondary N) is 3. The van der Waals surface area contributed by atoms with Crippen molar-refractivity contribution in [3.8, 4) is 11.3 Å². The summed E-state index contributed by atoms with van der Waals surface area (Å²) in [5.74, 6) is 0. The van der Waals surface area contributed by atoms with Crippen molar-refractivity contribution in [2.45, 2.75) is 13.3 Å². The van der Waals surface area contributed by atoms with Crippen LogP contribution in [0.4, 0.5) is 0 Å². The van der Waals surface area contributed by atoms with Crippen molar-refractivity contribution in [1.82, 2.24) is 20.5 Å². The third-order valence-electron chi connectivity index (χ3n) is 3.53. The molecule has 20 heavy (non-hydrogen) atoms. The van der Waals surface area contributed by atoms with E-state index in [0.717, 1.165) is 40.0 Å². The van der Waals surface area contributed by atoms with Gasteiger partial charge >= 0.3 is 0 Å². The molecule has 104 valence electrons. The molecule has 0 fully saturated rings. The van der Waals surface area contributed by atoms with Crippen molar-refractivity contribution in [3.05, 3.63) is 40.1 Å². The normalized spacial score (nSPS) is 11.3. The van der Waals surface area contributed by atoms with Gasteiger partial charge in [0.05, 0.1) is 10.2 Å².